The Morgan fingerprint density at radius 3 is 2.43 bits per heavy atom. The Kier molecular flexibility index (Phi) is 4.96. The van der Waals surface area contributed by atoms with Gasteiger partial charge in [0, 0.05) is 6.07 Å². The van der Waals surface area contributed by atoms with Crippen molar-refractivity contribution in [2.45, 2.75) is 52.4 Å². The Balaban J connectivity index is 2.26. The third-order valence-electron chi connectivity index (χ3n) is 4.41. The van der Waals surface area contributed by atoms with Crippen molar-refractivity contribution in [3.05, 3.63) is 29.6 Å². The van der Waals surface area contributed by atoms with Crippen molar-refractivity contribution in [1.29, 1.82) is 0 Å². The third-order valence-corrected chi connectivity index (χ3v) is 8.89. The van der Waals surface area contributed by atoms with E-state index in [-0.39, 0.29) is 5.04 Å². The highest BCUT2D eigenvalue weighted by molar-refractivity contribution is 6.74. The molecule has 0 fully saturated rings. The van der Waals surface area contributed by atoms with E-state index in [1.165, 1.54) is 0 Å². The van der Waals surface area contributed by atoms with Crippen LogP contribution in [0.3, 0.4) is 0 Å². The molecule has 0 saturated carbocycles. The monoisotopic (exact) mass is 334 g/mol. The molecule has 0 aliphatic carbocycles. The van der Waals surface area contributed by atoms with Gasteiger partial charge >= 0.3 is 0 Å². The van der Waals surface area contributed by atoms with Crippen molar-refractivity contribution < 1.29 is 13.7 Å². The minimum absolute atomic E-state index is 0.153. The number of methoxy groups -OCH3 is 1. The lowest BCUT2D eigenvalue weighted by atomic mass is 10.2. The molecule has 0 unspecified atom stereocenters. The van der Waals surface area contributed by atoms with E-state index in [0.717, 1.165) is 22.8 Å². The Bertz CT molecular complexity index is 675. The Labute approximate surface area is 139 Å². The second kappa shape index (κ2) is 6.45. The first kappa shape index (κ1) is 17.7. The number of aryl methyl sites for hydroxylation is 1. The van der Waals surface area contributed by atoms with Gasteiger partial charge in [-0.2, -0.15) is 0 Å². The fourth-order valence-electron chi connectivity index (χ4n) is 1.86. The lowest BCUT2D eigenvalue weighted by molar-refractivity contribution is 0.264. The average Bonchev–Trinajstić information content (AvgIpc) is 2.90. The van der Waals surface area contributed by atoms with Gasteiger partial charge in [0.25, 0.3) is 0 Å². The summed E-state index contributed by atoms with van der Waals surface area (Å²) in [5.74, 6) is 1.38. The molecule has 2 rings (SSSR count). The average molecular weight is 334 g/mol. The lowest BCUT2D eigenvalue weighted by Gasteiger charge is -2.36. The summed E-state index contributed by atoms with van der Waals surface area (Å²) in [6.07, 6.45) is 0. The molecule has 0 aliphatic heterocycles. The quantitative estimate of drug-likeness (QED) is 0.749. The van der Waals surface area contributed by atoms with Gasteiger partial charge in [0.1, 0.15) is 17.1 Å². The Hall–Kier alpha value is -1.66. The van der Waals surface area contributed by atoms with Gasteiger partial charge in [-0.25, -0.2) is 4.98 Å². The van der Waals surface area contributed by atoms with Gasteiger partial charge in [0.15, 0.2) is 14.1 Å². The van der Waals surface area contributed by atoms with Crippen LogP contribution in [0.25, 0.3) is 11.5 Å². The molecule has 5 nitrogen and oxygen atoms in total. The van der Waals surface area contributed by atoms with Gasteiger partial charge < -0.3 is 13.7 Å². The molecule has 0 radical (unpaired) electrons. The van der Waals surface area contributed by atoms with Crippen LogP contribution in [-0.4, -0.2) is 25.6 Å². The maximum Gasteiger partial charge on any atom is 0.192 e. The highest BCUT2D eigenvalue weighted by atomic mass is 28.4. The first-order valence-electron chi connectivity index (χ1n) is 7.75. The van der Waals surface area contributed by atoms with Crippen molar-refractivity contribution in [2.24, 2.45) is 0 Å². The number of pyridine rings is 1. The third kappa shape index (κ3) is 4.00. The van der Waals surface area contributed by atoms with Crippen LogP contribution in [-0.2, 0) is 11.0 Å². The number of hydrogen-bond donors (Lipinski definition) is 0. The molecule has 0 amide bonds. The number of aromatic nitrogens is 2. The van der Waals surface area contributed by atoms with E-state index in [1.807, 2.05) is 25.1 Å². The first-order valence-corrected chi connectivity index (χ1v) is 10.7. The standard InChI is InChI=1S/C17H26N2O3Si/c1-12-10-16(22-19-12)13-8-9-15(20-5)14(18-13)11-21-23(6,7)17(2,3)4/h8-10H,11H2,1-7H3. The van der Waals surface area contributed by atoms with Crippen LogP contribution in [0.15, 0.2) is 22.7 Å². The largest absolute Gasteiger partial charge is 0.495 e. The van der Waals surface area contributed by atoms with Crippen LogP contribution < -0.4 is 4.74 Å². The summed E-state index contributed by atoms with van der Waals surface area (Å²) in [6, 6.07) is 5.63. The van der Waals surface area contributed by atoms with Crippen molar-refractivity contribution in [2.75, 3.05) is 7.11 Å². The molecule has 0 atom stereocenters. The minimum Gasteiger partial charge on any atom is -0.495 e. The highest BCUT2D eigenvalue weighted by Gasteiger charge is 2.37. The van der Waals surface area contributed by atoms with Crippen LogP contribution in [0.2, 0.25) is 18.1 Å². The smallest absolute Gasteiger partial charge is 0.192 e. The Morgan fingerprint density at radius 2 is 1.91 bits per heavy atom. The molecule has 126 valence electrons. The fourth-order valence-corrected chi connectivity index (χ4v) is 2.80. The molecule has 0 spiro atoms. The van der Waals surface area contributed by atoms with Gasteiger partial charge in [-0.3, -0.25) is 0 Å². The van der Waals surface area contributed by atoms with E-state index >= 15 is 0 Å². The second-order valence-electron chi connectivity index (χ2n) is 7.23. The van der Waals surface area contributed by atoms with E-state index in [1.54, 1.807) is 7.11 Å². The van der Waals surface area contributed by atoms with Crippen LogP contribution in [0.4, 0.5) is 0 Å². The zero-order chi connectivity index (χ0) is 17.3. The van der Waals surface area contributed by atoms with E-state index in [2.05, 4.69) is 44.0 Å². The van der Waals surface area contributed by atoms with Crippen LogP contribution in [0, 0.1) is 6.92 Å². The molecule has 0 saturated heterocycles. The van der Waals surface area contributed by atoms with Crippen LogP contribution in [0.1, 0.15) is 32.2 Å². The fraction of sp³-hybridized carbons (Fsp3) is 0.529. The van der Waals surface area contributed by atoms with Crippen LogP contribution in [0.5, 0.6) is 5.75 Å². The molecule has 2 aromatic heterocycles. The molecule has 2 heterocycles. The maximum absolute atomic E-state index is 6.27. The summed E-state index contributed by atoms with van der Waals surface area (Å²) < 4.78 is 17.0. The van der Waals surface area contributed by atoms with E-state index in [9.17, 15) is 0 Å². The number of hydrogen-bond acceptors (Lipinski definition) is 5. The van der Waals surface area contributed by atoms with Gasteiger partial charge in [-0.05, 0) is 37.2 Å². The van der Waals surface area contributed by atoms with Gasteiger partial charge in [0.2, 0.25) is 0 Å². The summed E-state index contributed by atoms with van der Waals surface area (Å²) >= 11 is 0. The van der Waals surface area contributed by atoms with Gasteiger partial charge in [-0.15, -0.1) is 0 Å². The molecular weight excluding hydrogens is 308 g/mol. The second-order valence-corrected chi connectivity index (χ2v) is 12.0. The SMILES string of the molecule is COc1ccc(-c2cc(C)no2)nc1CO[Si](C)(C)C(C)(C)C. The molecular formula is C17H26N2O3Si. The minimum atomic E-state index is -1.85. The van der Waals surface area contributed by atoms with Crippen molar-refractivity contribution in [1.82, 2.24) is 10.1 Å². The summed E-state index contributed by atoms with van der Waals surface area (Å²) in [5.41, 5.74) is 2.35. The van der Waals surface area contributed by atoms with E-state index in [0.29, 0.717) is 12.4 Å². The predicted octanol–water partition coefficient (Wildman–Crippen LogP) is 4.58. The number of ether oxygens (including phenoxy) is 1. The van der Waals surface area contributed by atoms with Gasteiger partial charge in [-0.1, -0.05) is 25.9 Å². The van der Waals surface area contributed by atoms with Crippen molar-refractivity contribution in [3.8, 4) is 17.2 Å². The summed E-state index contributed by atoms with van der Waals surface area (Å²) in [4.78, 5) is 4.65. The van der Waals surface area contributed by atoms with Crippen LogP contribution >= 0.6 is 0 Å². The highest BCUT2D eigenvalue weighted by Crippen LogP contribution is 2.37. The molecule has 6 heteroatoms. The van der Waals surface area contributed by atoms with Gasteiger partial charge in [0.05, 0.1) is 19.4 Å². The molecule has 2 aromatic rings. The molecule has 0 N–H and O–H groups in total. The molecule has 0 aliphatic rings. The van der Waals surface area contributed by atoms with Crippen molar-refractivity contribution >= 4 is 8.32 Å². The molecule has 0 aromatic carbocycles. The van der Waals surface area contributed by atoms with Crippen molar-refractivity contribution in [3.63, 3.8) is 0 Å². The van der Waals surface area contributed by atoms with E-state index in [4.69, 9.17) is 13.7 Å². The number of rotatable bonds is 5. The predicted molar refractivity (Wildman–Crippen MR) is 93.0 cm³/mol. The zero-order valence-corrected chi connectivity index (χ0v) is 16.1. The summed E-state index contributed by atoms with van der Waals surface area (Å²) in [7, 11) is -0.203. The van der Waals surface area contributed by atoms with E-state index < -0.39 is 8.32 Å². The first-order chi connectivity index (χ1) is 10.6. The Morgan fingerprint density at radius 1 is 1.22 bits per heavy atom. The topological polar surface area (TPSA) is 57.4 Å². The summed E-state index contributed by atoms with van der Waals surface area (Å²) in [5, 5.41) is 4.06. The zero-order valence-electron chi connectivity index (χ0n) is 15.1. The number of nitrogens with zero attached hydrogens (tertiary/aromatic N) is 2. The molecule has 23 heavy (non-hydrogen) atoms. The lowest BCUT2D eigenvalue weighted by Crippen LogP contribution is -2.40. The normalized spacial score (nSPS) is 12.5. The molecule has 0 bridgehead atoms. The maximum atomic E-state index is 6.27. The summed E-state index contributed by atoms with van der Waals surface area (Å²) in [6.45, 7) is 13.4.